The van der Waals surface area contributed by atoms with E-state index in [1.807, 2.05) is 30.3 Å². The highest BCUT2D eigenvalue weighted by atomic mass is 32.2. The predicted octanol–water partition coefficient (Wildman–Crippen LogP) is 3.16. The molecule has 3 N–H and O–H groups in total. The van der Waals surface area contributed by atoms with Gasteiger partial charge in [-0.3, -0.25) is 4.79 Å². The van der Waals surface area contributed by atoms with E-state index in [2.05, 4.69) is 30.7 Å². The van der Waals surface area contributed by atoms with Gasteiger partial charge in [0.25, 0.3) is 5.91 Å². The maximum Gasteiger partial charge on any atom is 0.255 e. The summed E-state index contributed by atoms with van der Waals surface area (Å²) in [6.07, 6.45) is 0. The molecule has 0 spiro atoms. The largest absolute Gasteiger partial charge is 0.322 e. The van der Waals surface area contributed by atoms with Gasteiger partial charge in [0.1, 0.15) is 0 Å². The molecule has 0 saturated heterocycles. The van der Waals surface area contributed by atoms with E-state index in [4.69, 9.17) is 0 Å². The second-order valence-corrected chi connectivity index (χ2v) is 8.76. The molecule has 0 saturated carbocycles. The summed E-state index contributed by atoms with van der Waals surface area (Å²) in [5, 5.41) is 16.4. The SMILES string of the molecule is CC(NS(=O)(=O)c1cccc(C(=O)Nc2ccc(-c3nn[nH]n3)cc2)c1)c1ccccc1. The number of amides is 1. The number of anilines is 1. The lowest BCUT2D eigenvalue weighted by atomic mass is 10.1. The van der Waals surface area contributed by atoms with Crippen LogP contribution < -0.4 is 10.0 Å². The lowest BCUT2D eigenvalue weighted by molar-refractivity contribution is 0.102. The van der Waals surface area contributed by atoms with Crippen molar-refractivity contribution in [1.29, 1.82) is 0 Å². The Labute approximate surface area is 184 Å². The number of nitrogens with zero attached hydrogens (tertiary/aromatic N) is 3. The van der Waals surface area contributed by atoms with Gasteiger partial charge < -0.3 is 5.32 Å². The summed E-state index contributed by atoms with van der Waals surface area (Å²) in [5.74, 6) is 0.0171. The third kappa shape index (κ3) is 4.88. The van der Waals surface area contributed by atoms with Crippen molar-refractivity contribution in [3.63, 3.8) is 0 Å². The number of carbonyl (C=O) groups is 1. The Kier molecular flexibility index (Phi) is 6.06. The molecule has 0 aliphatic rings. The van der Waals surface area contributed by atoms with E-state index in [0.717, 1.165) is 11.1 Å². The first-order valence-corrected chi connectivity index (χ1v) is 11.2. The van der Waals surface area contributed by atoms with Crippen LogP contribution in [0.3, 0.4) is 0 Å². The number of hydrogen-bond donors (Lipinski definition) is 3. The van der Waals surface area contributed by atoms with Gasteiger partial charge in [0.15, 0.2) is 0 Å². The van der Waals surface area contributed by atoms with Gasteiger partial charge in [-0.25, -0.2) is 13.1 Å². The number of benzene rings is 3. The molecule has 0 bridgehead atoms. The number of carbonyl (C=O) groups excluding carboxylic acids is 1. The van der Waals surface area contributed by atoms with Gasteiger partial charge in [0, 0.05) is 22.9 Å². The van der Waals surface area contributed by atoms with Gasteiger partial charge in [-0.2, -0.15) is 5.21 Å². The first-order valence-electron chi connectivity index (χ1n) is 9.75. The molecule has 162 valence electrons. The summed E-state index contributed by atoms with van der Waals surface area (Å²) >= 11 is 0. The van der Waals surface area contributed by atoms with Crippen molar-refractivity contribution < 1.29 is 13.2 Å². The predicted molar refractivity (Wildman–Crippen MR) is 119 cm³/mol. The van der Waals surface area contributed by atoms with E-state index >= 15 is 0 Å². The molecule has 32 heavy (non-hydrogen) atoms. The molecule has 1 heterocycles. The highest BCUT2D eigenvalue weighted by Crippen LogP contribution is 2.20. The van der Waals surface area contributed by atoms with E-state index in [1.165, 1.54) is 18.2 Å². The first-order chi connectivity index (χ1) is 15.4. The highest BCUT2D eigenvalue weighted by Gasteiger charge is 2.20. The Morgan fingerprint density at radius 2 is 1.72 bits per heavy atom. The topological polar surface area (TPSA) is 130 Å². The van der Waals surface area contributed by atoms with Crippen LogP contribution in [0, 0.1) is 0 Å². The third-order valence-corrected chi connectivity index (χ3v) is 6.32. The summed E-state index contributed by atoms with van der Waals surface area (Å²) in [6, 6.07) is 21.6. The Hall–Kier alpha value is -3.89. The number of tetrazole rings is 1. The number of aromatic nitrogens is 4. The molecule has 0 aliphatic heterocycles. The number of aromatic amines is 1. The molecule has 10 heteroatoms. The molecule has 4 rings (SSSR count). The summed E-state index contributed by atoms with van der Waals surface area (Å²) in [6.45, 7) is 1.77. The standard InChI is InChI=1S/C22H20N6O3S/c1-15(16-6-3-2-4-7-16)26-32(30,31)20-9-5-8-18(14-20)22(29)23-19-12-10-17(11-13-19)21-24-27-28-25-21/h2-15,26H,1H3,(H,23,29)(H,24,25,27,28). The highest BCUT2D eigenvalue weighted by molar-refractivity contribution is 7.89. The molecule has 0 radical (unpaired) electrons. The van der Waals surface area contributed by atoms with Crippen LogP contribution in [0.2, 0.25) is 0 Å². The minimum Gasteiger partial charge on any atom is -0.322 e. The van der Waals surface area contributed by atoms with Gasteiger partial charge in [0.05, 0.1) is 4.90 Å². The Morgan fingerprint density at radius 1 is 0.969 bits per heavy atom. The van der Waals surface area contributed by atoms with E-state index in [9.17, 15) is 13.2 Å². The van der Waals surface area contributed by atoms with Gasteiger partial charge >= 0.3 is 0 Å². The summed E-state index contributed by atoms with van der Waals surface area (Å²) in [4.78, 5) is 12.7. The van der Waals surface area contributed by atoms with Crippen molar-refractivity contribution in [2.45, 2.75) is 17.9 Å². The van der Waals surface area contributed by atoms with Gasteiger partial charge in [-0.15, -0.1) is 10.2 Å². The Morgan fingerprint density at radius 3 is 2.41 bits per heavy atom. The van der Waals surface area contributed by atoms with Crippen LogP contribution in [-0.2, 0) is 10.0 Å². The van der Waals surface area contributed by atoms with E-state index in [0.29, 0.717) is 11.5 Å². The van der Waals surface area contributed by atoms with Crippen LogP contribution in [0.4, 0.5) is 5.69 Å². The zero-order chi connectivity index (χ0) is 22.6. The molecular formula is C22H20N6O3S. The van der Waals surface area contributed by atoms with Crippen LogP contribution in [-0.4, -0.2) is 34.9 Å². The molecule has 1 unspecified atom stereocenters. The van der Waals surface area contributed by atoms with Gasteiger partial charge in [-0.05, 0) is 60.2 Å². The zero-order valence-electron chi connectivity index (χ0n) is 17.1. The summed E-state index contributed by atoms with van der Waals surface area (Å²) < 4.78 is 28.3. The lowest BCUT2D eigenvalue weighted by Crippen LogP contribution is -2.27. The molecule has 3 aromatic carbocycles. The van der Waals surface area contributed by atoms with E-state index in [-0.39, 0.29) is 10.5 Å². The molecule has 0 fully saturated rings. The van der Waals surface area contributed by atoms with Crippen molar-refractivity contribution in [1.82, 2.24) is 25.3 Å². The third-order valence-electron chi connectivity index (χ3n) is 4.78. The van der Waals surface area contributed by atoms with Crippen molar-refractivity contribution >= 4 is 21.6 Å². The number of sulfonamides is 1. The normalized spacial score (nSPS) is 12.3. The fraction of sp³-hybridized carbons (Fsp3) is 0.0909. The van der Waals surface area contributed by atoms with Crippen molar-refractivity contribution in [2.75, 3.05) is 5.32 Å². The second-order valence-electron chi connectivity index (χ2n) is 7.05. The fourth-order valence-electron chi connectivity index (χ4n) is 3.11. The molecule has 1 aromatic heterocycles. The molecule has 0 aliphatic carbocycles. The van der Waals surface area contributed by atoms with Crippen LogP contribution >= 0.6 is 0 Å². The number of hydrogen-bond acceptors (Lipinski definition) is 6. The smallest absolute Gasteiger partial charge is 0.255 e. The van der Waals surface area contributed by atoms with Crippen LogP contribution in [0.5, 0.6) is 0 Å². The van der Waals surface area contributed by atoms with Crippen molar-refractivity contribution in [3.05, 3.63) is 90.0 Å². The molecule has 4 aromatic rings. The Balaban J connectivity index is 1.47. The van der Waals surface area contributed by atoms with Crippen LogP contribution in [0.25, 0.3) is 11.4 Å². The number of rotatable bonds is 7. The number of H-pyrrole nitrogens is 1. The van der Waals surface area contributed by atoms with Gasteiger partial charge in [0.2, 0.25) is 15.8 Å². The quantitative estimate of drug-likeness (QED) is 0.398. The van der Waals surface area contributed by atoms with E-state index < -0.39 is 22.0 Å². The molecule has 1 atom stereocenters. The summed E-state index contributed by atoms with van der Waals surface area (Å²) in [5.41, 5.74) is 2.35. The summed E-state index contributed by atoms with van der Waals surface area (Å²) in [7, 11) is -3.82. The van der Waals surface area contributed by atoms with Crippen molar-refractivity contribution in [2.24, 2.45) is 0 Å². The maximum atomic E-state index is 12.8. The van der Waals surface area contributed by atoms with E-state index in [1.54, 1.807) is 37.3 Å². The average molecular weight is 449 g/mol. The molecule has 9 nitrogen and oxygen atoms in total. The number of nitrogens with one attached hydrogen (secondary N) is 3. The first kappa shape index (κ1) is 21.3. The average Bonchev–Trinajstić information content (AvgIpc) is 3.35. The van der Waals surface area contributed by atoms with Gasteiger partial charge in [-0.1, -0.05) is 36.4 Å². The molecule has 1 amide bonds. The lowest BCUT2D eigenvalue weighted by Gasteiger charge is -2.15. The minimum absolute atomic E-state index is 0.0142. The minimum atomic E-state index is -3.82. The molecular weight excluding hydrogens is 428 g/mol. The zero-order valence-corrected chi connectivity index (χ0v) is 17.9. The van der Waals surface area contributed by atoms with Crippen LogP contribution in [0.15, 0.2) is 83.8 Å². The van der Waals surface area contributed by atoms with Crippen LogP contribution in [0.1, 0.15) is 28.9 Å². The maximum absolute atomic E-state index is 12.8. The monoisotopic (exact) mass is 448 g/mol. The fourth-order valence-corrected chi connectivity index (χ4v) is 4.38. The second kappa shape index (κ2) is 9.08. The van der Waals surface area contributed by atoms with Crippen molar-refractivity contribution in [3.8, 4) is 11.4 Å². The Bertz CT molecular complexity index is 1310.